The molecule has 1 unspecified atom stereocenters. The molecule has 1 aromatic heterocycles. The van der Waals surface area contributed by atoms with Gasteiger partial charge >= 0.3 is 5.97 Å². The van der Waals surface area contributed by atoms with Gasteiger partial charge in [-0.05, 0) is 12.3 Å². The highest BCUT2D eigenvalue weighted by Gasteiger charge is 2.18. The molecule has 0 radical (unpaired) electrons. The van der Waals surface area contributed by atoms with E-state index in [1.807, 2.05) is 0 Å². The standard InChI is InChI=1S/C13H21N3O2S/c14-11(12(17)18)10-8-19-13(16-10)15-7-6-9-4-2-1-3-5-9/h8-9,11H,1-7,14H2,(H,15,16)(H,17,18). The van der Waals surface area contributed by atoms with E-state index in [4.69, 9.17) is 10.8 Å². The summed E-state index contributed by atoms with van der Waals surface area (Å²) in [6.07, 6.45) is 7.95. The minimum absolute atomic E-state index is 0.428. The number of aromatic nitrogens is 1. The summed E-state index contributed by atoms with van der Waals surface area (Å²) in [5.74, 6) is -0.207. The molecule has 6 heteroatoms. The topological polar surface area (TPSA) is 88.2 Å². The molecule has 1 aliphatic rings. The van der Waals surface area contributed by atoms with Crippen LogP contribution in [0, 0.1) is 5.92 Å². The van der Waals surface area contributed by atoms with Crippen LogP contribution in [0.25, 0.3) is 0 Å². The molecule has 2 rings (SSSR count). The second-order valence-corrected chi connectivity index (χ2v) is 5.97. The first kappa shape index (κ1) is 14.3. The number of hydrogen-bond donors (Lipinski definition) is 3. The Hall–Kier alpha value is -1.14. The first-order valence-corrected chi connectivity index (χ1v) is 7.72. The molecule has 0 amide bonds. The number of aliphatic carboxylic acids is 1. The number of nitrogens with one attached hydrogen (secondary N) is 1. The number of carbonyl (C=O) groups is 1. The van der Waals surface area contributed by atoms with Gasteiger partial charge in [-0.2, -0.15) is 0 Å². The molecule has 0 spiro atoms. The molecule has 4 N–H and O–H groups in total. The van der Waals surface area contributed by atoms with Crippen LogP contribution >= 0.6 is 11.3 Å². The van der Waals surface area contributed by atoms with Gasteiger partial charge in [0.25, 0.3) is 0 Å². The maximum absolute atomic E-state index is 10.7. The average molecular weight is 283 g/mol. The lowest BCUT2D eigenvalue weighted by molar-refractivity contribution is -0.138. The summed E-state index contributed by atoms with van der Waals surface area (Å²) in [7, 11) is 0. The molecule has 1 atom stereocenters. The van der Waals surface area contributed by atoms with Gasteiger partial charge in [0.2, 0.25) is 0 Å². The molecule has 0 bridgehead atoms. The zero-order valence-electron chi connectivity index (χ0n) is 11.0. The Kier molecular flexibility index (Phi) is 5.15. The summed E-state index contributed by atoms with van der Waals surface area (Å²) in [4.78, 5) is 15.0. The van der Waals surface area contributed by atoms with Gasteiger partial charge in [-0.3, -0.25) is 4.79 Å². The van der Waals surface area contributed by atoms with Crippen molar-refractivity contribution < 1.29 is 9.90 Å². The molecular formula is C13H21N3O2S. The van der Waals surface area contributed by atoms with Crippen molar-refractivity contribution in [1.82, 2.24) is 4.98 Å². The number of rotatable bonds is 6. The van der Waals surface area contributed by atoms with Crippen LogP contribution in [-0.4, -0.2) is 22.6 Å². The number of nitrogens with two attached hydrogens (primary N) is 1. The monoisotopic (exact) mass is 283 g/mol. The zero-order chi connectivity index (χ0) is 13.7. The van der Waals surface area contributed by atoms with Crippen molar-refractivity contribution in [3.8, 4) is 0 Å². The van der Waals surface area contributed by atoms with E-state index in [0.29, 0.717) is 5.69 Å². The van der Waals surface area contributed by atoms with Crippen molar-refractivity contribution in [2.24, 2.45) is 11.7 Å². The predicted molar refractivity (Wildman–Crippen MR) is 76.4 cm³/mol. The van der Waals surface area contributed by atoms with Crippen molar-refractivity contribution in [2.45, 2.75) is 44.6 Å². The third-order valence-corrected chi connectivity index (χ3v) is 4.48. The van der Waals surface area contributed by atoms with Crippen LogP contribution in [0.2, 0.25) is 0 Å². The molecule has 19 heavy (non-hydrogen) atoms. The molecule has 0 aliphatic heterocycles. The fourth-order valence-corrected chi connectivity index (χ4v) is 3.27. The second kappa shape index (κ2) is 6.86. The fourth-order valence-electron chi connectivity index (χ4n) is 2.50. The molecule has 1 aliphatic carbocycles. The lowest BCUT2D eigenvalue weighted by Gasteiger charge is -2.21. The quantitative estimate of drug-likeness (QED) is 0.747. The molecule has 1 saturated carbocycles. The van der Waals surface area contributed by atoms with E-state index in [1.54, 1.807) is 5.38 Å². The third-order valence-electron chi connectivity index (χ3n) is 3.66. The number of hydrogen-bond acceptors (Lipinski definition) is 5. The van der Waals surface area contributed by atoms with Crippen LogP contribution in [0.4, 0.5) is 5.13 Å². The highest BCUT2D eigenvalue weighted by atomic mass is 32.1. The average Bonchev–Trinajstić information content (AvgIpc) is 2.88. The normalized spacial score (nSPS) is 18.2. The maximum atomic E-state index is 10.7. The van der Waals surface area contributed by atoms with E-state index < -0.39 is 12.0 Å². The van der Waals surface area contributed by atoms with Crippen LogP contribution in [0.15, 0.2) is 5.38 Å². The van der Waals surface area contributed by atoms with Crippen LogP contribution in [-0.2, 0) is 4.79 Å². The van der Waals surface area contributed by atoms with Gasteiger partial charge in [0.15, 0.2) is 5.13 Å². The van der Waals surface area contributed by atoms with E-state index in [2.05, 4.69) is 10.3 Å². The largest absolute Gasteiger partial charge is 0.480 e. The summed E-state index contributed by atoms with van der Waals surface area (Å²) in [5.41, 5.74) is 5.94. The summed E-state index contributed by atoms with van der Waals surface area (Å²) in [6, 6.07) is -1.02. The second-order valence-electron chi connectivity index (χ2n) is 5.11. The van der Waals surface area contributed by atoms with Crippen molar-refractivity contribution in [3.63, 3.8) is 0 Å². The van der Waals surface area contributed by atoms with E-state index in [9.17, 15) is 4.79 Å². The molecule has 0 saturated heterocycles. The third kappa shape index (κ3) is 4.18. The predicted octanol–water partition coefficient (Wildman–Crippen LogP) is 2.61. The summed E-state index contributed by atoms with van der Waals surface area (Å²) < 4.78 is 0. The van der Waals surface area contributed by atoms with Gasteiger partial charge in [-0.1, -0.05) is 32.1 Å². The minimum atomic E-state index is -1.04. The highest BCUT2D eigenvalue weighted by Crippen LogP contribution is 2.26. The van der Waals surface area contributed by atoms with Crippen LogP contribution in [0.5, 0.6) is 0 Å². The maximum Gasteiger partial charge on any atom is 0.326 e. The van der Waals surface area contributed by atoms with Crippen molar-refractivity contribution in [1.29, 1.82) is 0 Å². The molecule has 1 aromatic rings. The Balaban J connectivity index is 1.75. The number of nitrogens with zero attached hydrogens (tertiary/aromatic N) is 1. The molecular weight excluding hydrogens is 262 g/mol. The lowest BCUT2D eigenvalue weighted by atomic mass is 9.87. The van der Waals surface area contributed by atoms with Crippen molar-refractivity contribution >= 4 is 22.4 Å². The number of thiazole rings is 1. The molecule has 106 valence electrons. The van der Waals surface area contributed by atoms with Crippen molar-refractivity contribution in [2.75, 3.05) is 11.9 Å². The minimum Gasteiger partial charge on any atom is -0.480 e. The molecule has 0 aromatic carbocycles. The molecule has 1 heterocycles. The first-order valence-electron chi connectivity index (χ1n) is 6.84. The van der Waals surface area contributed by atoms with Crippen LogP contribution < -0.4 is 11.1 Å². The Morgan fingerprint density at radius 1 is 1.53 bits per heavy atom. The van der Waals surface area contributed by atoms with Gasteiger partial charge in [-0.15, -0.1) is 11.3 Å². The van der Waals surface area contributed by atoms with E-state index in [0.717, 1.165) is 17.6 Å². The Morgan fingerprint density at radius 3 is 2.95 bits per heavy atom. The number of carboxylic acid groups (broad SMARTS) is 1. The summed E-state index contributed by atoms with van der Waals surface area (Å²) in [6.45, 7) is 0.903. The Bertz CT molecular complexity index is 416. The summed E-state index contributed by atoms with van der Waals surface area (Å²) in [5, 5.41) is 14.6. The highest BCUT2D eigenvalue weighted by molar-refractivity contribution is 7.13. The Labute approximate surface area is 117 Å². The molecule has 1 fully saturated rings. The zero-order valence-corrected chi connectivity index (χ0v) is 11.8. The van der Waals surface area contributed by atoms with Gasteiger partial charge in [0, 0.05) is 11.9 Å². The van der Waals surface area contributed by atoms with Crippen molar-refractivity contribution in [3.05, 3.63) is 11.1 Å². The van der Waals surface area contributed by atoms with E-state index >= 15 is 0 Å². The van der Waals surface area contributed by atoms with Gasteiger partial charge in [0.1, 0.15) is 6.04 Å². The van der Waals surface area contributed by atoms with E-state index in [-0.39, 0.29) is 0 Å². The van der Waals surface area contributed by atoms with Crippen LogP contribution in [0.3, 0.4) is 0 Å². The molecule has 5 nitrogen and oxygen atoms in total. The van der Waals surface area contributed by atoms with Gasteiger partial charge in [-0.25, -0.2) is 4.98 Å². The SMILES string of the molecule is NC(C(=O)O)c1csc(NCCC2CCCCC2)n1. The van der Waals surface area contributed by atoms with E-state index in [1.165, 1.54) is 49.9 Å². The van der Waals surface area contributed by atoms with Gasteiger partial charge in [0.05, 0.1) is 5.69 Å². The number of anilines is 1. The summed E-state index contributed by atoms with van der Waals surface area (Å²) >= 11 is 1.42. The first-order chi connectivity index (χ1) is 9.16. The van der Waals surface area contributed by atoms with Crippen LogP contribution in [0.1, 0.15) is 50.3 Å². The van der Waals surface area contributed by atoms with Gasteiger partial charge < -0.3 is 16.2 Å². The number of carboxylic acids is 1. The fraction of sp³-hybridized carbons (Fsp3) is 0.692. The lowest BCUT2D eigenvalue weighted by Crippen LogP contribution is -2.21. The Morgan fingerprint density at radius 2 is 2.26 bits per heavy atom. The smallest absolute Gasteiger partial charge is 0.326 e.